The summed E-state index contributed by atoms with van der Waals surface area (Å²) in [6, 6.07) is 10.8. The molecule has 27 heavy (non-hydrogen) atoms. The Bertz CT molecular complexity index is 708. The van der Waals surface area contributed by atoms with E-state index in [1.54, 1.807) is 23.5 Å². The van der Waals surface area contributed by atoms with Gasteiger partial charge in [0.05, 0.1) is 24.6 Å². The van der Waals surface area contributed by atoms with E-state index in [9.17, 15) is 8.78 Å². The van der Waals surface area contributed by atoms with E-state index in [1.807, 2.05) is 0 Å². The summed E-state index contributed by atoms with van der Waals surface area (Å²) in [5.74, 6) is 0.114. The summed E-state index contributed by atoms with van der Waals surface area (Å²) in [5, 5.41) is 8.93. The van der Waals surface area contributed by atoms with E-state index in [1.165, 1.54) is 21.9 Å². The Kier molecular flexibility index (Phi) is 7.33. The standard InChI is InChI=1S/C18H21F2N3O2S2/c19-17(20)25-14-5-3-13(4-6-14)22-18(26)21-12-15(16-2-1-11-27-16)23-7-9-24-10-8-23/h1-6,11,15,17H,7-10,12H2,(H2,21,22,26)/p+1/t15-/m0/s1. The van der Waals surface area contributed by atoms with E-state index in [4.69, 9.17) is 17.0 Å². The minimum atomic E-state index is -2.83. The highest BCUT2D eigenvalue weighted by molar-refractivity contribution is 7.80. The summed E-state index contributed by atoms with van der Waals surface area (Å²) in [7, 11) is 0. The second kappa shape index (κ2) is 9.93. The Morgan fingerprint density at radius 2 is 1.96 bits per heavy atom. The largest absolute Gasteiger partial charge is 0.435 e. The Morgan fingerprint density at radius 3 is 2.59 bits per heavy atom. The van der Waals surface area contributed by atoms with Gasteiger partial charge in [0.2, 0.25) is 0 Å². The van der Waals surface area contributed by atoms with Gasteiger partial charge >= 0.3 is 6.61 Å². The average molecular weight is 415 g/mol. The van der Waals surface area contributed by atoms with E-state index in [0.29, 0.717) is 23.4 Å². The van der Waals surface area contributed by atoms with Crippen molar-refractivity contribution >= 4 is 34.4 Å². The number of rotatable bonds is 7. The Labute approximate surface area is 166 Å². The van der Waals surface area contributed by atoms with Crippen LogP contribution >= 0.6 is 23.6 Å². The van der Waals surface area contributed by atoms with Crippen molar-refractivity contribution in [1.29, 1.82) is 0 Å². The van der Waals surface area contributed by atoms with Crippen LogP contribution in [0.1, 0.15) is 10.9 Å². The number of alkyl halides is 2. The van der Waals surface area contributed by atoms with Crippen molar-refractivity contribution in [2.45, 2.75) is 12.7 Å². The highest BCUT2D eigenvalue weighted by atomic mass is 32.1. The van der Waals surface area contributed by atoms with Crippen LogP contribution < -0.4 is 20.3 Å². The van der Waals surface area contributed by atoms with Crippen LogP contribution in [0.2, 0.25) is 0 Å². The molecule has 1 aromatic heterocycles. The van der Waals surface area contributed by atoms with Crippen molar-refractivity contribution in [2.75, 3.05) is 38.2 Å². The maximum atomic E-state index is 12.2. The molecule has 0 aliphatic carbocycles. The zero-order valence-corrected chi connectivity index (χ0v) is 16.3. The molecule has 2 heterocycles. The lowest BCUT2D eigenvalue weighted by Crippen LogP contribution is -3.15. The fourth-order valence-corrected chi connectivity index (χ4v) is 4.09. The molecule has 0 spiro atoms. The normalized spacial score (nSPS) is 16.1. The number of thiocarbonyl (C=S) groups is 1. The maximum absolute atomic E-state index is 12.2. The van der Waals surface area contributed by atoms with Crippen molar-refractivity contribution in [3.8, 4) is 5.75 Å². The summed E-state index contributed by atoms with van der Waals surface area (Å²) in [4.78, 5) is 2.79. The van der Waals surface area contributed by atoms with Gasteiger partial charge in [-0.05, 0) is 47.9 Å². The molecule has 5 nitrogen and oxygen atoms in total. The average Bonchev–Trinajstić information content (AvgIpc) is 3.18. The molecule has 3 N–H and O–H groups in total. The molecule has 0 unspecified atom stereocenters. The molecular weight excluding hydrogens is 392 g/mol. The Morgan fingerprint density at radius 1 is 1.22 bits per heavy atom. The van der Waals surface area contributed by atoms with E-state index < -0.39 is 6.61 Å². The van der Waals surface area contributed by atoms with Crippen molar-refractivity contribution in [2.24, 2.45) is 0 Å². The van der Waals surface area contributed by atoms with E-state index in [0.717, 1.165) is 26.3 Å². The lowest BCUT2D eigenvalue weighted by atomic mass is 10.2. The molecule has 1 aromatic carbocycles. The molecule has 1 saturated heterocycles. The van der Waals surface area contributed by atoms with Crippen LogP contribution in [0.4, 0.5) is 14.5 Å². The van der Waals surface area contributed by atoms with Gasteiger partial charge in [-0.2, -0.15) is 8.78 Å². The first-order chi connectivity index (χ1) is 13.1. The van der Waals surface area contributed by atoms with E-state index >= 15 is 0 Å². The lowest BCUT2D eigenvalue weighted by Gasteiger charge is -2.31. The van der Waals surface area contributed by atoms with Gasteiger partial charge in [-0.3, -0.25) is 0 Å². The maximum Gasteiger partial charge on any atom is 0.387 e. The van der Waals surface area contributed by atoms with Gasteiger partial charge in [-0.15, -0.1) is 11.3 Å². The van der Waals surface area contributed by atoms with Crippen LogP contribution in [-0.4, -0.2) is 44.6 Å². The number of halogens is 2. The van der Waals surface area contributed by atoms with Crippen LogP contribution in [0.5, 0.6) is 5.75 Å². The number of nitrogens with one attached hydrogen (secondary N) is 3. The monoisotopic (exact) mass is 414 g/mol. The molecule has 0 amide bonds. The third-order valence-electron chi connectivity index (χ3n) is 4.32. The number of anilines is 1. The highest BCUT2D eigenvalue weighted by Crippen LogP contribution is 2.18. The summed E-state index contributed by atoms with van der Waals surface area (Å²) in [6.07, 6.45) is 0. The fourth-order valence-electron chi connectivity index (χ4n) is 3.01. The van der Waals surface area contributed by atoms with Crippen LogP contribution in [-0.2, 0) is 4.74 Å². The number of thiophene rings is 1. The molecule has 0 saturated carbocycles. The topological polar surface area (TPSA) is 47.0 Å². The molecule has 3 rings (SSSR count). The number of benzene rings is 1. The summed E-state index contributed by atoms with van der Waals surface area (Å²) >= 11 is 7.13. The molecule has 0 bridgehead atoms. The molecule has 0 radical (unpaired) electrons. The third-order valence-corrected chi connectivity index (χ3v) is 5.55. The summed E-state index contributed by atoms with van der Waals surface area (Å²) in [5.41, 5.74) is 0.709. The summed E-state index contributed by atoms with van der Waals surface area (Å²) in [6.45, 7) is 1.35. The highest BCUT2D eigenvalue weighted by Gasteiger charge is 2.27. The smallest absolute Gasteiger partial charge is 0.387 e. The zero-order chi connectivity index (χ0) is 19.1. The Balaban J connectivity index is 1.54. The molecule has 9 heteroatoms. The van der Waals surface area contributed by atoms with Crippen LogP contribution in [0, 0.1) is 0 Å². The van der Waals surface area contributed by atoms with Gasteiger partial charge in [0.1, 0.15) is 24.9 Å². The minimum absolute atomic E-state index is 0.114. The number of hydrogen-bond donors (Lipinski definition) is 3. The van der Waals surface area contributed by atoms with Crippen molar-refractivity contribution in [3.05, 3.63) is 46.7 Å². The molecule has 146 valence electrons. The molecular formula is C18H22F2N3O2S2+. The first kappa shape index (κ1) is 19.9. The zero-order valence-electron chi connectivity index (χ0n) is 14.6. The van der Waals surface area contributed by atoms with Gasteiger partial charge in [0.15, 0.2) is 5.11 Å². The number of ether oxygens (including phenoxy) is 2. The predicted molar refractivity (Wildman–Crippen MR) is 106 cm³/mol. The van der Waals surface area contributed by atoms with E-state index in [-0.39, 0.29) is 5.75 Å². The van der Waals surface area contributed by atoms with Gasteiger partial charge < -0.3 is 25.0 Å². The number of hydrogen-bond acceptors (Lipinski definition) is 4. The van der Waals surface area contributed by atoms with Crippen LogP contribution in [0.15, 0.2) is 41.8 Å². The van der Waals surface area contributed by atoms with Crippen LogP contribution in [0.25, 0.3) is 0 Å². The molecule has 2 aromatic rings. The molecule has 1 aliphatic rings. The quantitative estimate of drug-likeness (QED) is 0.607. The second-order valence-corrected chi connectivity index (χ2v) is 7.46. The number of quaternary nitrogens is 1. The lowest BCUT2D eigenvalue weighted by molar-refractivity contribution is -0.937. The predicted octanol–water partition coefficient (Wildman–Crippen LogP) is 2.29. The van der Waals surface area contributed by atoms with Crippen molar-refractivity contribution in [1.82, 2.24) is 5.32 Å². The first-order valence-corrected chi connectivity index (χ1v) is 9.96. The number of morpholine rings is 1. The molecule has 1 aliphatic heterocycles. The minimum Gasteiger partial charge on any atom is -0.435 e. The second-order valence-electron chi connectivity index (χ2n) is 6.08. The fraction of sp³-hybridized carbons (Fsp3) is 0.389. The van der Waals surface area contributed by atoms with Crippen molar-refractivity contribution in [3.63, 3.8) is 0 Å². The van der Waals surface area contributed by atoms with Gasteiger partial charge in [0.25, 0.3) is 0 Å². The van der Waals surface area contributed by atoms with E-state index in [2.05, 4.69) is 32.9 Å². The third kappa shape index (κ3) is 6.10. The SMILES string of the molecule is FC(F)Oc1ccc(NC(=S)NC[C@@H](c2cccs2)[NH+]2CCOCC2)cc1. The van der Waals surface area contributed by atoms with Crippen molar-refractivity contribution < 1.29 is 23.2 Å². The summed E-state index contributed by atoms with van der Waals surface area (Å²) < 4.78 is 34.2. The van der Waals surface area contributed by atoms with Gasteiger partial charge in [-0.25, -0.2) is 0 Å². The molecule has 1 atom stereocenters. The first-order valence-electron chi connectivity index (χ1n) is 8.67. The van der Waals surface area contributed by atoms with Gasteiger partial charge in [0, 0.05) is 5.69 Å². The van der Waals surface area contributed by atoms with Crippen LogP contribution in [0.3, 0.4) is 0 Å². The van der Waals surface area contributed by atoms with Gasteiger partial charge in [-0.1, -0.05) is 6.07 Å². The Hall–Kier alpha value is -1.81. The molecule has 1 fully saturated rings.